The normalized spacial score (nSPS) is 28.1. The van der Waals surface area contributed by atoms with Crippen LogP contribution in [-0.2, 0) is 9.53 Å². The number of hydrogen-bond donors (Lipinski definition) is 1. The molecule has 1 atom stereocenters. The summed E-state index contributed by atoms with van der Waals surface area (Å²) in [6.45, 7) is 2.71. The molecule has 0 heterocycles. The Labute approximate surface area is 98.7 Å². The molecule has 0 radical (unpaired) electrons. The van der Waals surface area contributed by atoms with Gasteiger partial charge in [0.15, 0.2) is 0 Å². The molecule has 6 heteroatoms. The maximum absolute atomic E-state index is 12.2. The maximum Gasteiger partial charge on any atom is 0.401 e. The fraction of sp³-hybridized carbons (Fsp3) is 0.909. The first-order chi connectivity index (χ1) is 7.60. The summed E-state index contributed by atoms with van der Waals surface area (Å²) in [5.41, 5.74) is -1.33. The summed E-state index contributed by atoms with van der Waals surface area (Å²) in [4.78, 5) is 11.7. The molecule has 0 aromatic carbocycles. The van der Waals surface area contributed by atoms with E-state index in [-0.39, 0.29) is 5.41 Å². The van der Waals surface area contributed by atoms with Gasteiger partial charge in [-0.05, 0) is 24.7 Å². The quantitative estimate of drug-likeness (QED) is 0.784. The van der Waals surface area contributed by atoms with Crippen LogP contribution in [0.1, 0.15) is 33.1 Å². The smallest absolute Gasteiger partial charge is 0.401 e. The molecule has 0 aliphatic heterocycles. The zero-order valence-electron chi connectivity index (χ0n) is 10.3. The fourth-order valence-electron chi connectivity index (χ4n) is 2.41. The molecule has 1 aliphatic rings. The molecule has 0 amide bonds. The van der Waals surface area contributed by atoms with E-state index < -0.39 is 24.2 Å². The number of hydrogen-bond acceptors (Lipinski definition) is 3. The first-order valence-corrected chi connectivity index (χ1v) is 5.50. The summed E-state index contributed by atoms with van der Waals surface area (Å²) in [6.07, 6.45) is -2.88. The molecular weight excluding hydrogens is 235 g/mol. The number of alkyl halides is 3. The topological polar surface area (TPSA) is 38.3 Å². The van der Waals surface area contributed by atoms with Crippen LogP contribution >= 0.6 is 0 Å². The predicted molar refractivity (Wildman–Crippen MR) is 56.4 cm³/mol. The minimum absolute atomic E-state index is 0.146. The number of methoxy groups -OCH3 is 1. The minimum atomic E-state index is -4.33. The van der Waals surface area contributed by atoms with Gasteiger partial charge in [0.2, 0.25) is 0 Å². The van der Waals surface area contributed by atoms with E-state index in [2.05, 4.69) is 10.1 Å². The third-order valence-electron chi connectivity index (χ3n) is 3.21. The predicted octanol–water partition coefficient (Wildman–Crippen LogP) is 2.26. The highest BCUT2D eigenvalue weighted by atomic mass is 19.4. The molecule has 17 heavy (non-hydrogen) atoms. The zero-order chi connectivity index (χ0) is 13.3. The Morgan fingerprint density at radius 3 is 2.29 bits per heavy atom. The average molecular weight is 253 g/mol. The van der Waals surface area contributed by atoms with Gasteiger partial charge < -0.3 is 4.74 Å². The molecule has 1 rings (SSSR count). The molecule has 1 saturated carbocycles. The van der Waals surface area contributed by atoms with Crippen molar-refractivity contribution in [1.29, 1.82) is 0 Å². The Bertz CT molecular complexity index is 302. The molecule has 0 saturated heterocycles. The first-order valence-electron chi connectivity index (χ1n) is 5.50. The van der Waals surface area contributed by atoms with Crippen LogP contribution in [0.2, 0.25) is 0 Å². The van der Waals surface area contributed by atoms with Gasteiger partial charge in [0, 0.05) is 0 Å². The minimum Gasteiger partial charge on any atom is -0.468 e. The van der Waals surface area contributed by atoms with Gasteiger partial charge in [-0.3, -0.25) is 10.1 Å². The molecule has 0 spiro atoms. The number of carbonyl (C=O) groups excluding carboxylic acids is 1. The lowest BCUT2D eigenvalue weighted by Crippen LogP contribution is -2.54. The summed E-state index contributed by atoms with van der Waals surface area (Å²) >= 11 is 0. The summed E-state index contributed by atoms with van der Waals surface area (Å²) < 4.78 is 41.3. The third-order valence-corrected chi connectivity index (χ3v) is 3.21. The molecule has 0 aromatic heterocycles. The van der Waals surface area contributed by atoms with E-state index in [9.17, 15) is 18.0 Å². The van der Waals surface area contributed by atoms with Gasteiger partial charge in [0.05, 0.1) is 13.7 Å². The van der Waals surface area contributed by atoms with Crippen molar-refractivity contribution in [1.82, 2.24) is 5.32 Å². The number of halogens is 3. The summed E-state index contributed by atoms with van der Waals surface area (Å²) in [7, 11) is 1.20. The average Bonchev–Trinajstić information content (AvgIpc) is 2.51. The van der Waals surface area contributed by atoms with Crippen molar-refractivity contribution in [3.05, 3.63) is 0 Å². The second-order valence-corrected chi connectivity index (χ2v) is 5.38. The standard InChI is InChI=1S/C11H18F3NO2/c1-9(2)4-5-10(6-9,8(16)17-3)15-7-11(12,13)14/h15H,4-7H2,1-3H3. The van der Waals surface area contributed by atoms with Gasteiger partial charge in [-0.2, -0.15) is 13.2 Å². The lowest BCUT2D eigenvalue weighted by Gasteiger charge is -2.29. The van der Waals surface area contributed by atoms with Gasteiger partial charge in [-0.15, -0.1) is 0 Å². The van der Waals surface area contributed by atoms with Gasteiger partial charge >= 0.3 is 12.1 Å². The molecular formula is C11H18F3NO2. The van der Waals surface area contributed by atoms with Crippen molar-refractivity contribution >= 4 is 5.97 Å². The Balaban J connectivity index is 2.79. The Morgan fingerprint density at radius 1 is 1.35 bits per heavy atom. The van der Waals surface area contributed by atoms with Crippen LogP contribution < -0.4 is 5.32 Å². The summed E-state index contributed by atoms with van der Waals surface area (Å²) in [5, 5.41) is 2.34. The molecule has 1 aliphatic carbocycles. The SMILES string of the molecule is COC(=O)C1(NCC(F)(F)F)CCC(C)(C)C1. The summed E-state index contributed by atoms with van der Waals surface area (Å²) in [6, 6.07) is 0. The van der Waals surface area contributed by atoms with Gasteiger partial charge in [-0.1, -0.05) is 13.8 Å². The number of carbonyl (C=O) groups is 1. The lowest BCUT2D eigenvalue weighted by atomic mass is 9.87. The highest BCUT2D eigenvalue weighted by Gasteiger charge is 2.50. The molecule has 3 nitrogen and oxygen atoms in total. The van der Waals surface area contributed by atoms with Crippen molar-refractivity contribution in [2.24, 2.45) is 5.41 Å². The second kappa shape index (κ2) is 4.48. The molecule has 0 bridgehead atoms. The van der Waals surface area contributed by atoms with E-state index in [1.54, 1.807) is 0 Å². The molecule has 1 unspecified atom stereocenters. The van der Waals surface area contributed by atoms with Crippen molar-refractivity contribution < 1.29 is 22.7 Å². The van der Waals surface area contributed by atoms with Crippen LogP contribution in [-0.4, -0.2) is 31.3 Å². The highest BCUT2D eigenvalue weighted by Crippen LogP contribution is 2.44. The van der Waals surface area contributed by atoms with Crippen LogP contribution in [0.4, 0.5) is 13.2 Å². The molecule has 1 N–H and O–H groups in total. The molecule has 0 aromatic rings. The van der Waals surface area contributed by atoms with Crippen LogP contribution in [0, 0.1) is 5.41 Å². The van der Waals surface area contributed by atoms with Crippen LogP contribution in [0.15, 0.2) is 0 Å². The van der Waals surface area contributed by atoms with Crippen molar-refractivity contribution in [3.8, 4) is 0 Å². The van der Waals surface area contributed by atoms with Crippen LogP contribution in [0.25, 0.3) is 0 Å². The van der Waals surface area contributed by atoms with Crippen LogP contribution in [0.3, 0.4) is 0 Å². The van der Waals surface area contributed by atoms with Crippen molar-refractivity contribution in [2.75, 3.05) is 13.7 Å². The van der Waals surface area contributed by atoms with Crippen LogP contribution in [0.5, 0.6) is 0 Å². The highest BCUT2D eigenvalue weighted by molar-refractivity contribution is 5.81. The third kappa shape index (κ3) is 3.59. The van der Waals surface area contributed by atoms with Crippen molar-refractivity contribution in [3.63, 3.8) is 0 Å². The number of nitrogens with one attached hydrogen (secondary N) is 1. The maximum atomic E-state index is 12.2. The van der Waals surface area contributed by atoms with E-state index in [1.807, 2.05) is 13.8 Å². The van der Waals surface area contributed by atoms with E-state index in [0.717, 1.165) is 0 Å². The monoisotopic (exact) mass is 253 g/mol. The Kier molecular flexibility index (Phi) is 3.76. The molecule has 1 fully saturated rings. The zero-order valence-corrected chi connectivity index (χ0v) is 10.3. The number of esters is 1. The Morgan fingerprint density at radius 2 is 1.94 bits per heavy atom. The van der Waals surface area contributed by atoms with E-state index >= 15 is 0 Å². The second-order valence-electron chi connectivity index (χ2n) is 5.38. The summed E-state index contributed by atoms with van der Waals surface area (Å²) in [5.74, 6) is -0.604. The number of rotatable bonds is 3. The Hall–Kier alpha value is -0.780. The van der Waals surface area contributed by atoms with Gasteiger partial charge in [-0.25, -0.2) is 0 Å². The van der Waals surface area contributed by atoms with Crippen molar-refractivity contribution in [2.45, 2.75) is 44.8 Å². The molecule has 100 valence electrons. The largest absolute Gasteiger partial charge is 0.468 e. The van der Waals surface area contributed by atoms with E-state index in [0.29, 0.717) is 19.3 Å². The van der Waals surface area contributed by atoms with Gasteiger partial charge in [0.1, 0.15) is 5.54 Å². The first kappa shape index (κ1) is 14.3. The van der Waals surface area contributed by atoms with E-state index in [4.69, 9.17) is 0 Å². The lowest BCUT2D eigenvalue weighted by molar-refractivity contribution is -0.153. The van der Waals surface area contributed by atoms with E-state index in [1.165, 1.54) is 7.11 Å². The number of ether oxygens (including phenoxy) is 1. The fourth-order valence-corrected chi connectivity index (χ4v) is 2.41. The van der Waals surface area contributed by atoms with Gasteiger partial charge in [0.25, 0.3) is 0 Å².